The number of benzene rings is 2. The van der Waals surface area contributed by atoms with E-state index < -0.39 is 0 Å². The second kappa shape index (κ2) is 9.22. The number of fused-ring (bicyclic) bond motifs is 1. The molecular formula is C18H19N3S2. The third-order valence-electron chi connectivity index (χ3n) is 2.95. The summed E-state index contributed by atoms with van der Waals surface area (Å²) in [4.78, 5) is 10.2. The monoisotopic (exact) mass is 341 g/mol. The first-order valence-corrected chi connectivity index (χ1v) is 8.60. The molecule has 2 aromatic carbocycles. The van der Waals surface area contributed by atoms with Gasteiger partial charge in [0.2, 0.25) is 0 Å². The van der Waals surface area contributed by atoms with Crippen LogP contribution < -0.4 is 0 Å². The van der Waals surface area contributed by atoms with E-state index in [9.17, 15) is 0 Å². The summed E-state index contributed by atoms with van der Waals surface area (Å²) < 4.78 is 0.934. The maximum atomic E-state index is 5.17. The third kappa shape index (κ3) is 5.96. The Hall–Kier alpha value is -1.98. The Kier molecular flexibility index (Phi) is 6.97. The van der Waals surface area contributed by atoms with E-state index in [1.54, 1.807) is 24.2 Å². The second-order valence-corrected chi connectivity index (χ2v) is 6.59. The van der Waals surface area contributed by atoms with E-state index in [1.165, 1.54) is 5.56 Å². The highest BCUT2D eigenvalue weighted by Gasteiger charge is 1.99. The number of hydrogen-bond acceptors (Lipinski definition) is 4. The number of para-hydroxylation sites is 2. The van der Waals surface area contributed by atoms with Crippen molar-refractivity contribution in [3.05, 3.63) is 72.6 Å². The Morgan fingerprint density at radius 1 is 0.913 bits per heavy atom. The van der Waals surface area contributed by atoms with E-state index in [2.05, 4.69) is 34.2 Å². The summed E-state index contributed by atoms with van der Waals surface area (Å²) in [7, 11) is 3.95. The first-order valence-electron chi connectivity index (χ1n) is 7.20. The van der Waals surface area contributed by atoms with Crippen LogP contribution in [0.4, 0.5) is 0 Å². The van der Waals surface area contributed by atoms with Gasteiger partial charge in [0, 0.05) is 32.2 Å². The minimum absolute atomic E-state index is 0.934. The van der Waals surface area contributed by atoms with Crippen molar-refractivity contribution in [3.63, 3.8) is 0 Å². The Morgan fingerprint density at radius 3 is 1.96 bits per heavy atom. The van der Waals surface area contributed by atoms with Gasteiger partial charge in [0.15, 0.2) is 0 Å². The molecule has 3 nitrogen and oxygen atoms in total. The number of aromatic nitrogens is 2. The van der Waals surface area contributed by atoms with Crippen LogP contribution in [0.3, 0.4) is 0 Å². The quantitative estimate of drug-likeness (QED) is 0.645. The molecule has 0 spiro atoms. The molecule has 0 bridgehead atoms. The van der Waals surface area contributed by atoms with Crippen molar-refractivity contribution < 1.29 is 0 Å². The Morgan fingerprint density at radius 2 is 1.43 bits per heavy atom. The molecule has 0 radical (unpaired) electrons. The van der Waals surface area contributed by atoms with Gasteiger partial charge in [-0.15, -0.1) is 0 Å². The molecule has 0 saturated carbocycles. The van der Waals surface area contributed by atoms with Crippen LogP contribution >= 0.6 is 24.0 Å². The van der Waals surface area contributed by atoms with Crippen molar-refractivity contribution in [3.8, 4) is 0 Å². The predicted octanol–water partition coefficient (Wildman–Crippen LogP) is 4.40. The van der Waals surface area contributed by atoms with Crippen LogP contribution in [0.1, 0.15) is 5.56 Å². The normalized spacial score (nSPS) is 9.83. The molecule has 0 saturated heterocycles. The van der Waals surface area contributed by atoms with E-state index >= 15 is 0 Å². The zero-order valence-corrected chi connectivity index (χ0v) is 14.8. The molecule has 0 N–H and O–H groups in total. The number of rotatable bonds is 2. The molecule has 0 aliphatic carbocycles. The molecule has 118 valence electrons. The standard InChI is InChI=1S/C10H13NS2.C8H6N2/c1-11(2)10(12)13-8-9-6-4-3-5-7-9;1-2-4-8-7(3-1)9-5-6-10-8/h3-7H,8H2,1-2H3;1-6H. The van der Waals surface area contributed by atoms with Crippen molar-refractivity contribution in [1.29, 1.82) is 0 Å². The molecule has 5 heteroatoms. The van der Waals surface area contributed by atoms with Gasteiger partial charge in [-0.2, -0.15) is 0 Å². The lowest BCUT2D eigenvalue weighted by Crippen LogP contribution is -2.16. The van der Waals surface area contributed by atoms with E-state index in [0.717, 1.165) is 21.1 Å². The second-order valence-electron chi connectivity index (χ2n) is 4.98. The maximum Gasteiger partial charge on any atom is 0.136 e. The average molecular weight is 342 g/mol. The molecule has 0 aliphatic heterocycles. The highest BCUT2D eigenvalue weighted by atomic mass is 32.2. The SMILES string of the molecule is CN(C)C(=S)SCc1ccccc1.c1ccc2nccnc2c1. The summed E-state index contributed by atoms with van der Waals surface area (Å²) in [6.45, 7) is 0. The first-order chi connectivity index (χ1) is 11.2. The number of thioether (sulfide) groups is 1. The zero-order chi connectivity index (χ0) is 16.5. The lowest BCUT2D eigenvalue weighted by Gasteiger charge is -2.12. The van der Waals surface area contributed by atoms with Gasteiger partial charge in [-0.3, -0.25) is 9.97 Å². The van der Waals surface area contributed by atoms with Crippen molar-refractivity contribution in [2.45, 2.75) is 5.75 Å². The number of thiocarbonyl (C=S) groups is 1. The van der Waals surface area contributed by atoms with Gasteiger partial charge in [0.05, 0.1) is 11.0 Å². The molecule has 23 heavy (non-hydrogen) atoms. The molecule has 1 aromatic heterocycles. The minimum atomic E-state index is 0.934. The van der Waals surface area contributed by atoms with Crippen molar-refractivity contribution in [1.82, 2.24) is 14.9 Å². The molecule has 1 heterocycles. The molecule has 0 aliphatic rings. The van der Waals surface area contributed by atoms with Gasteiger partial charge in [-0.05, 0) is 17.7 Å². The summed E-state index contributed by atoms with van der Waals surface area (Å²) >= 11 is 6.86. The van der Waals surface area contributed by atoms with Gasteiger partial charge in [0.1, 0.15) is 4.32 Å². The molecule has 3 aromatic rings. The fourth-order valence-electron chi connectivity index (χ4n) is 1.76. The largest absolute Gasteiger partial charge is 0.364 e. The first kappa shape index (κ1) is 17.4. The van der Waals surface area contributed by atoms with Crippen LogP contribution in [0.5, 0.6) is 0 Å². The third-order valence-corrected chi connectivity index (χ3v) is 4.75. The van der Waals surface area contributed by atoms with Gasteiger partial charge in [-0.25, -0.2) is 0 Å². The maximum absolute atomic E-state index is 5.17. The van der Waals surface area contributed by atoms with Gasteiger partial charge in [-0.1, -0.05) is 66.4 Å². The van der Waals surface area contributed by atoms with Crippen LogP contribution in [0.25, 0.3) is 11.0 Å². The van der Waals surface area contributed by atoms with Gasteiger partial charge in [0.25, 0.3) is 0 Å². The molecule has 0 atom stereocenters. The topological polar surface area (TPSA) is 29.0 Å². The summed E-state index contributed by atoms with van der Waals surface area (Å²) in [6, 6.07) is 18.2. The summed E-state index contributed by atoms with van der Waals surface area (Å²) in [5.74, 6) is 0.956. The Balaban J connectivity index is 0.000000172. The van der Waals surface area contributed by atoms with Crippen molar-refractivity contribution in [2.24, 2.45) is 0 Å². The van der Waals surface area contributed by atoms with Crippen molar-refractivity contribution >= 4 is 39.3 Å². The fourth-order valence-corrected chi connectivity index (χ4v) is 2.68. The number of nitrogens with zero attached hydrogens (tertiary/aromatic N) is 3. The highest BCUT2D eigenvalue weighted by Crippen LogP contribution is 2.14. The van der Waals surface area contributed by atoms with E-state index in [1.807, 2.05) is 49.3 Å². The minimum Gasteiger partial charge on any atom is -0.364 e. The van der Waals surface area contributed by atoms with E-state index in [0.29, 0.717) is 0 Å². The highest BCUT2D eigenvalue weighted by molar-refractivity contribution is 8.22. The van der Waals surface area contributed by atoms with Gasteiger partial charge < -0.3 is 4.90 Å². The van der Waals surface area contributed by atoms with Crippen LogP contribution in [-0.2, 0) is 5.75 Å². The molecule has 0 unspecified atom stereocenters. The fraction of sp³-hybridized carbons (Fsp3) is 0.167. The summed E-state index contributed by atoms with van der Waals surface area (Å²) in [6.07, 6.45) is 3.39. The van der Waals surface area contributed by atoms with Gasteiger partial charge >= 0.3 is 0 Å². The van der Waals surface area contributed by atoms with Crippen molar-refractivity contribution in [2.75, 3.05) is 14.1 Å². The number of hydrogen-bond donors (Lipinski definition) is 0. The van der Waals surface area contributed by atoms with Crippen LogP contribution in [-0.4, -0.2) is 33.3 Å². The Bertz CT molecular complexity index is 680. The predicted molar refractivity (Wildman–Crippen MR) is 104 cm³/mol. The summed E-state index contributed by atoms with van der Waals surface area (Å²) in [5, 5.41) is 0. The smallest absolute Gasteiger partial charge is 0.136 e. The van der Waals surface area contributed by atoms with Crippen LogP contribution in [0, 0.1) is 0 Å². The van der Waals surface area contributed by atoms with Crippen LogP contribution in [0.2, 0.25) is 0 Å². The molecule has 0 fully saturated rings. The molecular weight excluding hydrogens is 322 g/mol. The average Bonchev–Trinajstić information content (AvgIpc) is 2.61. The Labute approximate surface area is 146 Å². The van der Waals surface area contributed by atoms with E-state index in [4.69, 9.17) is 12.2 Å². The molecule has 3 rings (SSSR count). The van der Waals surface area contributed by atoms with Crippen LogP contribution in [0.15, 0.2) is 67.0 Å². The summed E-state index contributed by atoms with van der Waals surface area (Å²) in [5.41, 5.74) is 3.21. The van der Waals surface area contributed by atoms with E-state index in [-0.39, 0.29) is 0 Å². The molecule has 0 amide bonds. The lowest BCUT2D eigenvalue weighted by atomic mass is 10.2. The zero-order valence-electron chi connectivity index (χ0n) is 13.2. The lowest BCUT2D eigenvalue weighted by molar-refractivity contribution is 0.648.